The van der Waals surface area contributed by atoms with Crippen LogP contribution in [0.25, 0.3) is 0 Å². The van der Waals surface area contributed by atoms with E-state index in [0.29, 0.717) is 31.2 Å². The van der Waals surface area contributed by atoms with Crippen LogP contribution in [0, 0.1) is 12.8 Å². The van der Waals surface area contributed by atoms with Gasteiger partial charge in [-0.15, -0.1) is 0 Å². The lowest BCUT2D eigenvalue weighted by Gasteiger charge is -2.23. The Morgan fingerprint density at radius 3 is 2.30 bits per heavy atom. The molecule has 0 saturated heterocycles. The van der Waals surface area contributed by atoms with E-state index in [2.05, 4.69) is 0 Å². The Kier molecular flexibility index (Phi) is 6.39. The minimum Gasteiger partial charge on any atom is -0.383 e. The van der Waals surface area contributed by atoms with Crippen LogP contribution >= 0.6 is 0 Å². The fourth-order valence-electron chi connectivity index (χ4n) is 1.89. The van der Waals surface area contributed by atoms with Crippen molar-refractivity contribution in [3.05, 3.63) is 35.4 Å². The molecular weight excluding hydrogens is 254 g/mol. The number of carbonyl (C=O) groups excluding carboxylic acids is 2. The number of amides is 1. The Balaban J connectivity index is 2.81. The molecule has 0 aliphatic heterocycles. The van der Waals surface area contributed by atoms with Crippen molar-refractivity contribution in [3.63, 3.8) is 0 Å². The lowest BCUT2D eigenvalue weighted by Crippen LogP contribution is -2.40. The highest BCUT2D eigenvalue weighted by Crippen LogP contribution is 2.08. The molecule has 0 spiro atoms. The smallest absolute Gasteiger partial charge is 0.295 e. The average molecular weight is 277 g/mol. The number of hydrogen-bond donors (Lipinski definition) is 0. The third kappa shape index (κ3) is 4.78. The van der Waals surface area contributed by atoms with Gasteiger partial charge in [0.2, 0.25) is 5.78 Å². The Morgan fingerprint density at radius 1 is 1.20 bits per heavy atom. The number of ether oxygens (including phenoxy) is 1. The lowest BCUT2D eigenvalue weighted by molar-refractivity contribution is -0.127. The number of Topliss-reactive ketones (excluding diaryl/α,β-unsaturated/α-hetero) is 1. The topological polar surface area (TPSA) is 46.6 Å². The summed E-state index contributed by atoms with van der Waals surface area (Å²) < 4.78 is 5.00. The highest BCUT2D eigenvalue weighted by atomic mass is 16.5. The van der Waals surface area contributed by atoms with Gasteiger partial charge in [-0.05, 0) is 12.8 Å². The largest absolute Gasteiger partial charge is 0.383 e. The average Bonchev–Trinajstić information content (AvgIpc) is 2.42. The molecule has 0 aliphatic carbocycles. The van der Waals surface area contributed by atoms with E-state index in [1.54, 1.807) is 24.1 Å². The molecule has 0 aromatic heterocycles. The molecule has 1 rings (SSSR count). The zero-order valence-corrected chi connectivity index (χ0v) is 12.7. The predicted octanol–water partition coefficient (Wildman–Crippen LogP) is 2.31. The van der Waals surface area contributed by atoms with Crippen LogP contribution in [0.2, 0.25) is 0 Å². The van der Waals surface area contributed by atoms with E-state index in [4.69, 9.17) is 4.74 Å². The lowest BCUT2D eigenvalue weighted by atomic mass is 10.1. The van der Waals surface area contributed by atoms with Crippen molar-refractivity contribution in [2.24, 2.45) is 5.92 Å². The Labute approximate surface area is 120 Å². The summed E-state index contributed by atoms with van der Waals surface area (Å²) in [4.78, 5) is 26.1. The van der Waals surface area contributed by atoms with Gasteiger partial charge < -0.3 is 9.64 Å². The molecule has 4 nitrogen and oxygen atoms in total. The number of ketones is 1. The number of methoxy groups -OCH3 is 1. The van der Waals surface area contributed by atoms with E-state index in [1.807, 2.05) is 32.9 Å². The molecule has 0 heterocycles. The third-order valence-corrected chi connectivity index (χ3v) is 2.95. The normalized spacial score (nSPS) is 10.7. The van der Waals surface area contributed by atoms with Gasteiger partial charge >= 0.3 is 0 Å². The monoisotopic (exact) mass is 277 g/mol. The van der Waals surface area contributed by atoms with Crippen LogP contribution in [0.4, 0.5) is 0 Å². The summed E-state index contributed by atoms with van der Waals surface area (Å²) in [6.07, 6.45) is 0. The van der Waals surface area contributed by atoms with Crippen molar-refractivity contribution in [2.45, 2.75) is 20.8 Å². The van der Waals surface area contributed by atoms with Gasteiger partial charge in [0.25, 0.3) is 5.91 Å². The zero-order chi connectivity index (χ0) is 15.1. The fraction of sp³-hybridized carbons (Fsp3) is 0.500. The number of nitrogens with zero attached hydrogens (tertiary/aromatic N) is 1. The first-order valence-electron chi connectivity index (χ1n) is 6.85. The van der Waals surface area contributed by atoms with E-state index in [-0.39, 0.29) is 0 Å². The number of carbonyl (C=O) groups is 2. The van der Waals surface area contributed by atoms with Gasteiger partial charge in [-0.25, -0.2) is 0 Å². The van der Waals surface area contributed by atoms with Gasteiger partial charge in [0, 0.05) is 25.8 Å². The molecule has 20 heavy (non-hydrogen) atoms. The van der Waals surface area contributed by atoms with Crippen LogP contribution in [0.5, 0.6) is 0 Å². The molecule has 1 amide bonds. The summed E-state index contributed by atoms with van der Waals surface area (Å²) in [5.41, 5.74) is 1.50. The van der Waals surface area contributed by atoms with Gasteiger partial charge in [0.15, 0.2) is 0 Å². The van der Waals surface area contributed by atoms with Crippen LogP contribution in [0.15, 0.2) is 24.3 Å². The molecule has 0 saturated carbocycles. The first-order valence-corrected chi connectivity index (χ1v) is 6.85. The van der Waals surface area contributed by atoms with Crippen molar-refractivity contribution in [2.75, 3.05) is 26.8 Å². The van der Waals surface area contributed by atoms with Crippen LogP contribution in [-0.4, -0.2) is 43.4 Å². The van der Waals surface area contributed by atoms with E-state index >= 15 is 0 Å². The highest BCUT2D eigenvalue weighted by molar-refractivity contribution is 6.42. The van der Waals surface area contributed by atoms with Crippen molar-refractivity contribution in [3.8, 4) is 0 Å². The standard InChI is InChI=1S/C16H23NO3/c1-12(2)11-17(9-10-20-4)16(19)15(18)14-7-5-13(3)6-8-14/h5-8,12H,9-11H2,1-4H3. The number of hydrogen-bond acceptors (Lipinski definition) is 3. The van der Waals surface area contributed by atoms with Gasteiger partial charge in [-0.2, -0.15) is 0 Å². The summed E-state index contributed by atoms with van der Waals surface area (Å²) in [5.74, 6) is -0.608. The number of aryl methyl sites for hydroxylation is 1. The van der Waals surface area contributed by atoms with Crippen LogP contribution in [-0.2, 0) is 9.53 Å². The molecule has 0 atom stereocenters. The molecule has 110 valence electrons. The molecule has 1 aromatic rings. The fourth-order valence-corrected chi connectivity index (χ4v) is 1.89. The molecule has 0 bridgehead atoms. The molecular formula is C16H23NO3. The molecule has 1 aromatic carbocycles. The number of benzene rings is 1. The Bertz CT molecular complexity index is 451. The maximum Gasteiger partial charge on any atom is 0.295 e. The Hall–Kier alpha value is -1.68. The van der Waals surface area contributed by atoms with Crippen molar-refractivity contribution < 1.29 is 14.3 Å². The SMILES string of the molecule is COCCN(CC(C)C)C(=O)C(=O)c1ccc(C)cc1. The second-order valence-corrected chi connectivity index (χ2v) is 5.33. The highest BCUT2D eigenvalue weighted by Gasteiger charge is 2.23. The van der Waals surface area contributed by atoms with Gasteiger partial charge in [-0.3, -0.25) is 9.59 Å². The van der Waals surface area contributed by atoms with Crippen LogP contribution in [0.3, 0.4) is 0 Å². The molecule has 0 aliphatic rings. The Morgan fingerprint density at radius 2 is 1.80 bits per heavy atom. The summed E-state index contributed by atoms with van der Waals surface area (Å²) >= 11 is 0. The van der Waals surface area contributed by atoms with E-state index < -0.39 is 11.7 Å². The first-order chi connectivity index (χ1) is 9.45. The van der Waals surface area contributed by atoms with Gasteiger partial charge in [-0.1, -0.05) is 43.7 Å². The molecule has 4 heteroatoms. The van der Waals surface area contributed by atoms with Gasteiger partial charge in [0.05, 0.1) is 6.61 Å². The maximum atomic E-state index is 12.3. The van der Waals surface area contributed by atoms with Crippen LogP contribution in [0.1, 0.15) is 29.8 Å². The number of rotatable bonds is 7. The summed E-state index contributed by atoms with van der Waals surface area (Å²) in [6, 6.07) is 7.06. The second kappa shape index (κ2) is 7.80. The minimum atomic E-state index is -0.459. The molecule has 0 radical (unpaired) electrons. The van der Waals surface area contributed by atoms with Gasteiger partial charge in [0.1, 0.15) is 0 Å². The predicted molar refractivity (Wildman–Crippen MR) is 78.8 cm³/mol. The third-order valence-electron chi connectivity index (χ3n) is 2.95. The summed E-state index contributed by atoms with van der Waals surface area (Å²) in [6.45, 7) is 7.40. The van der Waals surface area contributed by atoms with Crippen LogP contribution < -0.4 is 0 Å². The van der Waals surface area contributed by atoms with E-state index in [9.17, 15) is 9.59 Å². The summed E-state index contributed by atoms with van der Waals surface area (Å²) in [5, 5.41) is 0. The molecule has 0 N–H and O–H groups in total. The summed E-state index contributed by atoms with van der Waals surface area (Å²) in [7, 11) is 1.58. The second-order valence-electron chi connectivity index (χ2n) is 5.33. The van der Waals surface area contributed by atoms with E-state index in [1.165, 1.54) is 0 Å². The first kappa shape index (κ1) is 16.4. The van der Waals surface area contributed by atoms with Crippen molar-refractivity contribution in [1.29, 1.82) is 0 Å². The maximum absolute atomic E-state index is 12.3. The van der Waals surface area contributed by atoms with Crippen molar-refractivity contribution >= 4 is 11.7 Å². The minimum absolute atomic E-state index is 0.307. The molecule has 0 unspecified atom stereocenters. The molecule has 0 fully saturated rings. The zero-order valence-electron chi connectivity index (χ0n) is 12.7. The van der Waals surface area contributed by atoms with E-state index in [0.717, 1.165) is 5.56 Å². The quantitative estimate of drug-likeness (QED) is 0.567. The van der Waals surface area contributed by atoms with Crippen molar-refractivity contribution in [1.82, 2.24) is 4.90 Å².